The molecule has 0 spiro atoms. The number of rotatable bonds is 5. The molecule has 0 saturated carbocycles. The number of carbonyl (C=O) groups is 1. The lowest BCUT2D eigenvalue weighted by Crippen LogP contribution is -2.47. The van der Waals surface area contributed by atoms with Crippen molar-refractivity contribution in [1.29, 1.82) is 0 Å². The van der Waals surface area contributed by atoms with Gasteiger partial charge in [-0.3, -0.25) is 4.79 Å². The first-order valence-electron chi connectivity index (χ1n) is 6.47. The molecule has 1 atom stereocenters. The molecule has 5 N–H and O–H groups in total. The van der Waals surface area contributed by atoms with Crippen molar-refractivity contribution in [1.82, 2.24) is 4.98 Å². The Hall–Kier alpha value is -1.62. The minimum absolute atomic E-state index is 0.292. The third-order valence-electron chi connectivity index (χ3n) is 3.69. The highest BCUT2D eigenvalue weighted by atomic mass is 16.1. The van der Waals surface area contributed by atoms with Gasteiger partial charge in [-0.25, -0.2) is 4.98 Å². The van der Waals surface area contributed by atoms with Gasteiger partial charge in [0.15, 0.2) is 0 Å². The first-order valence-corrected chi connectivity index (χ1v) is 6.47. The fourth-order valence-electron chi connectivity index (χ4n) is 1.94. The van der Waals surface area contributed by atoms with Crippen molar-refractivity contribution in [2.75, 3.05) is 11.9 Å². The number of amides is 1. The van der Waals surface area contributed by atoms with Crippen LogP contribution in [0.5, 0.6) is 0 Å². The Morgan fingerprint density at radius 1 is 1.47 bits per heavy atom. The molecule has 0 aliphatic rings. The lowest BCUT2D eigenvalue weighted by atomic mass is 9.88. The van der Waals surface area contributed by atoms with Crippen molar-refractivity contribution in [3.8, 4) is 0 Å². The number of hydrogen-bond acceptors (Lipinski definition) is 4. The lowest BCUT2D eigenvalue weighted by molar-refractivity contribution is 0.1000. The van der Waals surface area contributed by atoms with Gasteiger partial charge in [-0.2, -0.15) is 0 Å². The zero-order valence-electron chi connectivity index (χ0n) is 12.4. The van der Waals surface area contributed by atoms with E-state index in [9.17, 15) is 4.79 Å². The minimum atomic E-state index is -0.476. The molecule has 0 fully saturated rings. The number of nitrogens with two attached hydrogens (primary N) is 2. The number of anilines is 1. The van der Waals surface area contributed by atoms with Crippen LogP contribution in [0.4, 0.5) is 5.82 Å². The number of nitrogens with zero attached hydrogens (tertiary/aromatic N) is 1. The highest BCUT2D eigenvalue weighted by Gasteiger charge is 2.29. The van der Waals surface area contributed by atoms with Crippen LogP contribution in [0.3, 0.4) is 0 Å². The van der Waals surface area contributed by atoms with E-state index >= 15 is 0 Å². The summed E-state index contributed by atoms with van der Waals surface area (Å²) in [6, 6.07) is 1.85. The SMILES string of the molecule is Cc1cc(C)c(C(N)=O)c(NC(C)(CN)C(C)C)n1. The molecule has 1 aromatic rings. The average molecular weight is 264 g/mol. The maximum Gasteiger partial charge on any atom is 0.252 e. The maximum atomic E-state index is 11.6. The molecular weight excluding hydrogens is 240 g/mol. The van der Waals surface area contributed by atoms with Crippen LogP contribution in [0.15, 0.2) is 6.07 Å². The van der Waals surface area contributed by atoms with Gasteiger partial charge in [0.05, 0.1) is 11.1 Å². The van der Waals surface area contributed by atoms with Crippen LogP contribution < -0.4 is 16.8 Å². The minimum Gasteiger partial charge on any atom is -0.365 e. The topological polar surface area (TPSA) is 94.0 Å². The first-order chi connectivity index (χ1) is 8.71. The summed E-state index contributed by atoms with van der Waals surface area (Å²) in [6.45, 7) is 10.4. The molecule has 1 aromatic heterocycles. The molecule has 1 amide bonds. The van der Waals surface area contributed by atoms with E-state index in [0.717, 1.165) is 11.3 Å². The van der Waals surface area contributed by atoms with Gasteiger partial charge in [0.2, 0.25) is 0 Å². The zero-order chi connectivity index (χ0) is 14.8. The highest BCUT2D eigenvalue weighted by molar-refractivity contribution is 5.99. The van der Waals surface area contributed by atoms with E-state index in [0.29, 0.717) is 23.8 Å². The average Bonchev–Trinajstić information content (AvgIpc) is 2.26. The molecule has 19 heavy (non-hydrogen) atoms. The number of pyridine rings is 1. The lowest BCUT2D eigenvalue weighted by Gasteiger charge is -2.35. The van der Waals surface area contributed by atoms with E-state index in [2.05, 4.69) is 24.1 Å². The molecule has 0 aromatic carbocycles. The van der Waals surface area contributed by atoms with E-state index < -0.39 is 5.91 Å². The summed E-state index contributed by atoms with van der Waals surface area (Å²) in [5.41, 5.74) is 13.1. The quantitative estimate of drug-likeness (QED) is 0.752. The van der Waals surface area contributed by atoms with E-state index in [-0.39, 0.29) is 5.54 Å². The van der Waals surface area contributed by atoms with Gasteiger partial charge in [-0.1, -0.05) is 13.8 Å². The van der Waals surface area contributed by atoms with Crippen molar-refractivity contribution < 1.29 is 4.79 Å². The van der Waals surface area contributed by atoms with Crippen LogP contribution in [0.25, 0.3) is 0 Å². The van der Waals surface area contributed by atoms with Gasteiger partial charge in [-0.15, -0.1) is 0 Å². The molecule has 106 valence electrons. The molecule has 1 unspecified atom stereocenters. The van der Waals surface area contributed by atoms with Gasteiger partial charge >= 0.3 is 0 Å². The number of carbonyl (C=O) groups excluding carboxylic acids is 1. The van der Waals surface area contributed by atoms with Crippen LogP contribution in [0, 0.1) is 19.8 Å². The Morgan fingerprint density at radius 2 is 2.05 bits per heavy atom. The molecule has 5 nitrogen and oxygen atoms in total. The summed E-state index contributed by atoms with van der Waals surface area (Å²) in [7, 11) is 0. The molecule has 0 bridgehead atoms. The van der Waals surface area contributed by atoms with Gasteiger partial charge in [0.1, 0.15) is 5.82 Å². The zero-order valence-corrected chi connectivity index (χ0v) is 12.4. The second-order valence-electron chi connectivity index (χ2n) is 5.57. The predicted octanol–water partition coefficient (Wildman–Crippen LogP) is 1.58. The second kappa shape index (κ2) is 5.57. The van der Waals surface area contributed by atoms with Gasteiger partial charge in [0.25, 0.3) is 5.91 Å². The van der Waals surface area contributed by atoms with Crippen molar-refractivity contribution in [3.63, 3.8) is 0 Å². The predicted molar refractivity (Wildman–Crippen MR) is 78.1 cm³/mol. The molecule has 0 aliphatic carbocycles. The number of aryl methyl sites for hydroxylation is 2. The fraction of sp³-hybridized carbons (Fsp3) is 0.571. The van der Waals surface area contributed by atoms with Crippen molar-refractivity contribution in [3.05, 3.63) is 22.9 Å². The third kappa shape index (κ3) is 3.23. The van der Waals surface area contributed by atoms with Crippen molar-refractivity contribution >= 4 is 11.7 Å². The Balaban J connectivity index is 3.30. The summed E-state index contributed by atoms with van der Waals surface area (Å²) in [4.78, 5) is 16.0. The molecule has 1 rings (SSSR count). The summed E-state index contributed by atoms with van der Waals surface area (Å²) >= 11 is 0. The van der Waals surface area contributed by atoms with E-state index in [1.807, 2.05) is 26.8 Å². The van der Waals surface area contributed by atoms with Crippen LogP contribution in [-0.4, -0.2) is 23.0 Å². The molecule has 0 radical (unpaired) electrons. The highest BCUT2D eigenvalue weighted by Crippen LogP contribution is 2.25. The van der Waals surface area contributed by atoms with Crippen LogP contribution >= 0.6 is 0 Å². The summed E-state index contributed by atoms with van der Waals surface area (Å²) in [5.74, 6) is 0.336. The molecular formula is C14H24N4O. The van der Waals surface area contributed by atoms with Crippen LogP contribution in [0.1, 0.15) is 42.4 Å². The number of nitrogens with one attached hydrogen (secondary N) is 1. The van der Waals surface area contributed by atoms with E-state index in [1.165, 1.54) is 0 Å². The Morgan fingerprint density at radius 3 is 2.47 bits per heavy atom. The second-order valence-corrected chi connectivity index (χ2v) is 5.57. The maximum absolute atomic E-state index is 11.6. The van der Waals surface area contributed by atoms with E-state index in [1.54, 1.807) is 0 Å². The van der Waals surface area contributed by atoms with Crippen molar-refractivity contribution in [2.24, 2.45) is 17.4 Å². The molecule has 5 heteroatoms. The van der Waals surface area contributed by atoms with E-state index in [4.69, 9.17) is 11.5 Å². The van der Waals surface area contributed by atoms with Gasteiger partial charge < -0.3 is 16.8 Å². The Labute approximate surface area is 114 Å². The molecule has 1 heterocycles. The molecule has 0 aliphatic heterocycles. The number of hydrogen-bond donors (Lipinski definition) is 3. The fourth-order valence-corrected chi connectivity index (χ4v) is 1.94. The summed E-state index contributed by atoms with van der Waals surface area (Å²) in [6.07, 6.45) is 0. The molecule has 0 saturated heterocycles. The largest absolute Gasteiger partial charge is 0.365 e. The Bertz CT molecular complexity index is 485. The van der Waals surface area contributed by atoms with Gasteiger partial charge in [0, 0.05) is 12.2 Å². The third-order valence-corrected chi connectivity index (χ3v) is 3.69. The standard InChI is InChI=1S/C14H24N4O/c1-8(2)14(5,7-15)18-13-11(12(16)19)9(3)6-10(4)17-13/h6,8H,7,15H2,1-5H3,(H2,16,19)(H,17,18). The number of aromatic nitrogens is 1. The first kappa shape index (κ1) is 15.4. The Kier molecular flexibility index (Phi) is 4.52. The van der Waals surface area contributed by atoms with Crippen molar-refractivity contribution in [2.45, 2.75) is 40.2 Å². The van der Waals surface area contributed by atoms with Crippen LogP contribution in [-0.2, 0) is 0 Å². The summed E-state index contributed by atoms with van der Waals surface area (Å²) < 4.78 is 0. The monoisotopic (exact) mass is 264 g/mol. The van der Waals surface area contributed by atoms with Crippen LogP contribution in [0.2, 0.25) is 0 Å². The normalized spacial score (nSPS) is 14.3. The smallest absolute Gasteiger partial charge is 0.252 e. The summed E-state index contributed by atoms with van der Waals surface area (Å²) in [5, 5.41) is 3.30. The number of primary amides is 1. The van der Waals surface area contributed by atoms with Gasteiger partial charge in [-0.05, 0) is 38.3 Å².